The molecule has 0 spiro atoms. The highest BCUT2D eigenvalue weighted by atomic mass is 16.5. The molecule has 0 bridgehead atoms. The molecule has 2 rings (SSSR count). The molecular weight excluding hydrogens is 216 g/mol. The normalized spacial score (nSPS) is 17.2. The summed E-state index contributed by atoms with van der Waals surface area (Å²) in [6.07, 6.45) is 1.98. The summed E-state index contributed by atoms with van der Waals surface area (Å²) in [5, 5.41) is 7.69. The Kier molecular flexibility index (Phi) is 4.18. The Morgan fingerprint density at radius 1 is 1.41 bits per heavy atom. The zero-order valence-corrected chi connectivity index (χ0v) is 11.0. The Hall–Kier alpha value is -0.870. The predicted molar refractivity (Wildman–Crippen MR) is 65.6 cm³/mol. The molecule has 0 saturated heterocycles. The largest absolute Gasteiger partial charge is 0.376 e. The molecule has 0 amide bonds. The summed E-state index contributed by atoms with van der Waals surface area (Å²) in [6.45, 7) is 8.86. The molecule has 1 aromatic rings. The Bertz CT molecular complexity index is 360. The van der Waals surface area contributed by atoms with Crippen molar-refractivity contribution in [3.05, 3.63) is 17.0 Å². The van der Waals surface area contributed by atoms with Crippen LogP contribution in [0, 0.1) is 5.92 Å². The Balaban J connectivity index is 1.97. The molecule has 96 valence electrons. The molecule has 0 aliphatic carbocycles. The molecule has 1 atom stereocenters. The van der Waals surface area contributed by atoms with E-state index < -0.39 is 0 Å². The number of rotatable bonds is 5. The van der Waals surface area contributed by atoms with E-state index in [0.717, 1.165) is 43.0 Å². The van der Waals surface area contributed by atoms with E-state index in [2.05, 4.69) is 31.2 Å². The first kappa shape index (κ1) is 12.6. The summed E-state index contributed by atoms with van der Waals surface area (Å²) in [6, 6.07) is 0.534. The molecule has 1 aromatic heterocycles. The number of hydrogen-bond donors (Lipinski definition) is 1. The van der Waals surface area contributed by atoms with Crippen molar-refractivity contribution in [1.82, 2.24) is 10.5 Å². The molecule has 1 unspecified atom stereocenters. The van der Waals surface area contributed by atoms with E-state index in [1.807, 2.05) is 0 Å². The first-order chi connectivity index (χ1) is 8.22. The van der Waals surface area contributed by atoms with Crippen molar-refractivity contribution >= 4 is 0 Å². The van der Waals surface area contributed by atoms with Gasteiger partial charge in [0.1, 0.15) is 11.5 Å². The number of hydrogen-bond acceptors (Lipinski definition) is 4. The third-order valence-corrected chi connectivity index (χ3v) is 3.45. The Labute approximate surface area is 103 Å². The van der Waals surface area contributed by atoms with Crippen LogP contribution in [0.4, 0.5) is 0 Å². The zero-order valence-electron chi connectivity index (χ0n) is 11.0. The molecule has 1 aliphatic heterocycles. The summed E-state index contributed by atoms with van der Waals surface area (Å²) in [4.78, 5) is 0. The molecule has 0 aromatic carbocycles. The third kappa shape index (κ3) is 2.87. The van der Waals surface area contributed by atoms with Gasteiger partial charge in [-0.1, -0.05) is 25.9 Å². The second kappa shape index (κ2) is 5.65. The fourth-order valence-corrected chi connectivity index (χ4v) is 2.30. The minimum Gasteiger partial charge on any atom is -0.376 e. The van der Waals surface area contributed by atoms with Crippen molar-refractivity contribution in [2.24, 2.45) is 5.92 Å². The van der Waals surface area contributed by atoms with Crippen molar-refractivity contribution in [2.45, 2.75) is 52.8 Å². The minimum atomic E-state index is 0.534. The predicted octanol–water partition coefficient (Wildman–Crippen LogP) is 2.27. The second-order valence-corrected chi connectivity index (χ2v) is 4.97. The van der Waals surface area contributed by atoms with Gasteiger partial charge in [-0.2, -0.15) is 0 Å². The quantitative estimate of drug-likeness (QED) is 0.855. The van der Waals surface area contributed by atoms with Crippen molar-refractivity contribution in [2.75, 3.05) is 6.61 Å². The van der Waals surface area contributed by atoms with E-state index in [1.54, 1.807) is 0 Å². The zero-order chi connectivity index (χ0) is 12.3. The number of nitrogens with one attached hydrogen (secondary N) is 1. The van der Waals surface area contributed by atoms with Crippen LogP contribution in [0.25, 0.3) is 0 Å². The highest BCUT2D eigenvalue weighted by Gasteiger charge is 2.20. The van der Waals surface area contributed by atoms with Gasteiger partial charge in [-0.05, 0) is 12.3 Å². The topological polar surface area (TPSA) is 47.3 Å². The van der Waals surface area contributed by atoms with Crippen molar-refractivity contribution in [3.8, 4) is 0 Å². The average molecular weight is 238 g/mol. The van der Waals surface area contributed by atoms with Gasteiger partial charge in [-0.25, -0.2) is 0 Å². The average Bonchev–Trinajstić information content (AvgIpc) is 2.73. The van der Waals surface area contributed by atoms with E-state index in [9.17, 15) is 0 Å². The van der Waals surface area contributed by atoms with Crippen LogP contribution in [0.3, 0.4) is 0 Å². The number of ether oxygens (including phenoxy) is 1. The number of nitrogens with zero attached hydrogens (tertiary/aromatic N) is 1. The van der Waals surface area contributed by atoms with E-state index in [4.69, 9.17) is 9.26 Å². The molecule has 4 heteroatoms. The van der Waals surface area contributed by atoms with Crippen molar-refractivity contribution in [1.29, 1.82) is 0 Å². The van der Waals surface area contributed by atoms with Crippen LogP contribution in [-0.2, 0) is 24.3 Å². The summed E-state index contributed by atoms with van der Waals surface area (Å²) < 4.78 is 10.8. The standard InChI is InChI=1S/C13H22N2O2/c1-4-11(9(2)3)14-7-12-10-8-16-6-5-13(10)17-15-12/h9,11,14H,4-8H2,1-3H3. The molecule has 17 heavy (non-hydrogen) atoms. The van der Waals surface area contributed by atoms with Gasteiger partial charge in [0.05, 0.1) is 13.2 Å². The first-order valence-corrected chi connectivity index (χ1v) is 6.49. The second-order valence-electron chi connectivity index (χ2n) is 4.97. The number of fused-ring (bicyclic) bond motifs is 1. The van der Waals surface area contributed by atoms with Gasteiger partial charge in [0.2, 0.25) is 0 Å². The van der Waals surface area contributed by atoms with Crippen LogP contribution in [0.1, 0.15) is 44.2 Å². The maximum Gasteiger partial charge on any atom is 0.144 e. The van der Waals surface area contributed by atoms with Gasteiger partial charge in [-0.15, -0.1) is 0 Å². The van der Waals surface area contributed by atoms with Crippen LogP contribution in [-0.4, -0.2) is 17.8 Å². The first-order valence-electron chi connectivity index (χ1n) is 6.49. The summed E-state index contributed by atoms with van der Waals surface area (Å²) in [5.74, 6) is 1.64. The van der Waals surface area contributed by atoms with Crippen molar-refractivity contribution in [3.63, 3.8) is 0 Å². The van der Waals surface area contributed by atoms with Crippen LogP contribution in [0.15, 0.2) is 4.52 Å². The fraction of sp³-hybridized carbons (Fsp3) is 0.769. The number of aromatic nitrogens is 1. The van der Waals surface area contributed by atoms with Gasteiger partial charge in [0.15, 0.2) is 0 Å². The van der Waals surface area contributed by atoms with Crippen LogP contribution in [0.5, 0.6) is 0 Å². The lowest BCUT2D eigenvalue weighted by atomic mass is 10.0. The van der Waals surface area contributed by atoms with Gasteiger partial charge in [0.25, 0.3) is 0 Å². The van der Waals surface area contributed by atoms with E-state index in [-0.39, 0.29) is 0 Å². The van der Waals surface area contributed by atoms with Crippen LogP contribution < -0.4 is 5.32 Å². The smallest absolute Gasteiger partial charge is 0.144 e. The molecule has 0 fully saturated rings. The fourth-order valence-electron chi connectivity index (χ4n) is 2.30. The van der Waals surface area contributed by atoms with Gasteiger partial charge in [0, 0.05) is 24.6 Å². The Morgan fingerprint density at radius 3 is 2.94 bits per heavy atom. The van der Waals surface area contributed by atoms with Gasteiger partial charge >= 0.3 is 0 Å². The van der Waals surface area contributed by atoms with Crippen molar-refractivity contribution < 1.29 is 9.26 Å². The molecule has 4 nitrogen and oxygen atoms in total. The van der Waals surface area contributed by atoms with E-state index in [0.29, 0.717) is 18.6 Å². The minimum absolute atomic E-state index is 0.534. The van der Waals surface area contributed by atoms with E-state index in [1.165, 1.54) is 0 Å². The molecule has 1 aliphatic rings. The van der Waals surface area contributed by atoms with Crippen LogP contribution >= 0.6 is 0 Å². The highest BCUT2D eigenvalue weighted by molar-refractivity contribution is 5.23. The third-order valence-electron chi connectivity index (χ3n) is 3.45. The van der Waals surface area contributed by atoms with Crippen LogP contribution in [0.2, 0.25) is 0 Å². The molecule has 1 N–H and O–H groups in total. The lowest BCUT2D eigenvalue weighted by molar-refractivity contribution is 0.102. The molecule has 0 saturated carbocycles. The monoisotopic (exact) mass is 238 g/mol. The lowest BCUT2D eigenvalue weighted by Gasteiger charge is -2.20. The summed E-state index contributed by atoms with van der Waals surface area (Å²) in [5.41, 5.74) is 2.17. The summed E-state index contributed by atoms with van der Waals surface area (Å²) in [7, 11) is 0. The van der Waals surface area contributed by atoms with E-state index >= 15 is 0 Å². The maximum atomic E-state index is 5.45. The Morgan fingerprint density at radius 2 is 2.24 bits per heavy atom. The lowest BCUT2D eigenvalue weighted by Crippen LogP contribution is -2.33. The van der Waals surface area contributed by atoms with Gasteiger partial charge in [-0.3, -0.25) is 0 Å². The SMILES string of the molecule is CCC(NCc1noc2c1COCC2)C(C)C. The highest BCUT2D eigenvalue weighted by Crippen LogP contribution is 2.20. The summed E-state index contributed by atoms with van der Waals surface area (Å²) >= 11 is 0. The van der Waals surface area contributed by atoms with Gasteiger partial charge < -0.3 is 14.6 Å². The maximum absolute atomic E-state index is 5.45. The molecule has 2 heterocycles. The molecular formula is C13H22N2O2. The molecule has 0 radical (unpaired) electrons.